The molecule has 0 spiro atoms. The van der Waals surface area contributed by atoms with Gasteiger partial charge in [-0.1, -0.05) is 42.5 Å². The molecule has 1 aliphatic rings. The number of nitrogens with zero attached hydrogens (tertiary/aromatic N) is 1. The Labute approximate surface area is 131 Å². The van der Waals surface area contributed by atoms with Gasteiger partial charge < -0.3 is 9.64 Å². The van der Waals surface area contributed by atoms with Gasteiger partial charge in [0.05, 0.1) is 6.04 Å². The van der Waals surface area contributed by atoms with Crippen molar-refractivity contribution in [3.05, 3.63) is 48.0 Å². The van der Waals surface area contributed by atoms with Crippen molar-refractivity contribution in [3.63, 3.8) is 0 Å². The molecule has 1 aromatic rings. The van der Waals surface area contributed by atoms with Crippen LogP contribution in [0.1, 0.15) is 44.3 Å². The highest BCUT2D eigenvalue weighted by atomic mass is 16.5. The summed E-state index contributed by atoms with van der Waals surface area (Å²) in [5.41, 5.74) is 0.913. The molecule has 4 nitrogen and oxygen atoms in total. The smallest absolute Gasteiger partial charge is 0.306 e. The number of esters is 1. The summed E-state index contributed by atoms with van der Waals surface area (Å²) in [6, 6.07) is 9.40. The molecule has 22 heavy (non-hydrogen) atoms. The van der Waals surface area contributed by atoms with Crippen molar-refractivity contribution in [1.82, 2.24) is 4.90 Å². The maximum Gasteiger partial charge on any atom is 0.306 e. The van der Waals surface area contributed by atoms with E-state index in [4.69, 9.17) is 4.74 Å². The zero-order valence-corrected chi connectivity index (χ0v) is 13.2. The van der Waals surface area contributed by atoms with Crippen LogP contribution in [0.3, 0.4) is 0 Å². The van der Waals surface area contributed by atoms with Gasteiger partial charge in [-0.05, 0) is 25.3 Å². The van der Waals surface area contributed by atoms with E-state index in [9.17, 15) is 9.59 Å². The molecule has 0 saturated carbocycles. The summed E-state index contributed by atoms with van der Waals surface area (Å²) in [7, 11) is 1.77. The summed E-state index contributed by atoms with van der Waals surface area (Å²) in [5.74, 6) is -0.165. The van der Waals surface area contributed by atoms with Gasteiger partial charge in [0.2, 0.25) is 5.91 Å². The van der Waals surface area contributed by atoms with Gasteiger partial charge >= 0.3 is 5.97 Å². The number of likely N-dealkylation sites (N-methyl/N-ethyl adjacent to an activating group) is 1. The molecule has 2 rings (SSSR count). The number of carbonyl (C=O) groups is 2. The van der Waals surface area contributed by atoms with Crippen molar-refractivity contribution in [1.29, 1.82) is 0 Å². The topological polar surface area (TPSA) is 46.6 Å². The first kappa shape index (κ1) is 16.3. The van der Waals surface area contributed by atoms with Gasteiger partial charge in [0.25, 0.3) is 0 Å². The summed E-state index contributed by atoms with van der Waals surface area (Å²) in [5, 5.41) is 0. The van der Waals surface area contributed by atoms with Crippen LogP contribution in [-0.4, -0.2) is 29.9 Å². The lowest BCUT2D eigenvalue weighted by atomic mass is 10.0. The van der Waals surface area contributed by atoms with Crippen LogP contribution >= 0.6 is 0 Å². The van der Waals surface area contributed by atoms with E-state index in [1.54, 1.807) is 11.9 Å². The van der Waals surface area contributed by atoms with Crippen molar-refractivity contribution < 1.29 is 14.3 Å². The highest BCUT2D eigenvalue weighted by Crippen LogP contribution is 2.26. The Bertz CT molecular complexity index is 539. The van der Waals surface area contributed by atoms with E-state index in [1.807, 2.05) is 49.4 Å². The lowest BCUT2D eigenvalue weighted by Gasteiger charge is -2.32. The molecule has 0 saturated heterocycles. The second-order valence-corrected chi connectivity index (χ2v) is 5.62. The third-order valence-electron chi connectivity index (χ3n) is 4.04. The lowest BCUT2D eigenvalue weighted by molar-refractivity contribution is -0.155. The van der Waals surface area contributed by atoms with Crippen molar-refractivity contribution in [2.45, 2.75) is 44.8 Å². The molecule has 0 aliphatic carbocycles. The number of hydrogen-bond acceptors (Lipinski definition) is 3. The number of allylic oxidation sites excluding steroid dienone is 2. The minimum Gasteiger partial charge on any atom is -0.455 e. The molecule has 1 amide bonds. The lowest BCUT2D eigenvalue weighted by Crippen LogP contribution is -2.40. The largest absolute Gasteiger partial charge is 0.455 e. The fourth-order valence-electron chi connectivity index (χ4n) is 2.54. The Morgan fingerprint density at radius 1 is 1.05 bits per heavy atom. The van der Waals surface area contributed by atoms with Crippen LogP contribution in [0.15, 0.2) is 42.5 Å². The van der Waals surface area contributed by atoms with E-state index in [0.717, 1.165) is 5.56 Å². The maximum absolute atomic E-state index is 12.3. The van der Waals surface area contributed by atoms with Crippen molar-refractivity contribution >= 4 is 11.9 Å². The average molecular weight is 301 g/mol. The molecule has 1 heterocycles. The number of carbonyl (C=O) groups excluding carboxylic acids is 2. The van der Waals surface area contributed by atoms with Crippen LogP contribution < -0.4 is 0 Å². The van der Waals surface area contributed by atoms with Gasteiger partial charge in [0.15, 0.2) is 0 Å². The van der Waals surface area contributed by atoms with Crippen LogP contribution in [0, 0.1) is 0 Å². The first-order valence-corrected chi connectivity index (χ1v) is 7.74. The Morgan fingerprint density at radius 3 is 2.36 bits per heavy atom. The minimum absolute atomic E-state index is 0.0645. The van der Waals surface area contributed by atoms with Crippen molar-refractivity contribution in [2.24, 2.45) is 0 Å². The second kappa shape index (κ2) is 7.78. The van der Waals surface area contributed by atoms with E-state index in [2.05, 4.69) is 0 Å². The summed E-state index contributed by atoms with van der Waals surface area (Å²) >= 11 is 0. The fourth-order valence-corrected chi connectivity index (χ4v) is 2.54. The van der Waals surface area contributed by atoms with Crippen LogP contribution in [-0.2, 0) is 14.3 Å². The molecule has 0 fully saturated rings. The molecular weight excluding hydrogens is 278 g/mol. The summed E-state index contributed by atoms with van der Waals surface area (Å²) in [4.78, 5) is 26.0. The third-order valence-corrected chi connectivity index (χ3v) is 4.04. The highest BCUT2D eigenvalue weighted by molar-refractivity contribution is 5.76. The fraction of sp³-hybridized carbons (Fsp3) is 0.444. The van der Waals surface area contributed by atoms with E-state index in [0.29, 0.717) is 25.7 Å². The van der Waals surface area contributed by atoms with Crippen LogP contribution in [0.5, 0.6) is 0 Å². The predicted molar refractivity (Wildman–Crippen MR) is 85.1 cm³/mol. The average Bonchev–Trinajstić information content (AvgIpc) is 2.54. The van der Waals surface area contributed by atoms with Gasteiger partial charge in [-0.2, -0.15) is 0 Å². The third kappa shape index (κ3) is 4.20. The molecule has 0 bridgehead atoms. The van der Waals surface area contributed by atoms with E-state index >= 15 is 0 Å². The minimum atomic E-state index is -0.439. The van der Waals surface area contributed by atoms with Gasteiger partial charge in [-0.15, -0.1) is 0 Å². The highest BCUT2D eigenvalue weighted by Gasteiger charge is 2.28. The SMILES string of the molecule is C[C@@H]1[C@@H](c2ccccc2)OC(=O)CC/C=C\CCC(=O)N1C. The molecule has 1 aliphatic heterocycles. The van der Waals surface area contributed by atoms with Crippen LogP contribution in [0.25, 0.3) is 0 Å². The summed E-state index contributed by atoms with van der Waals surface area (Å²) in [6.45, 7) is 1.92. The van der Waals surface area contributed by atoms with Crippen LogP contribution in [0.4, 0.5) is 0 Å². The molecular formula is C18H23NO3. The summed E-state index contributed by atoms with van der Waals surface area (Å²) < 4.78 is 5.67. The normalized spacial score (nSPS) is 25.8. The molecule has 1 aromatic carbocycles. The Balaban J connectivity index is 2.27. The van der Waals surface area contributed by atoms with E-state index in [-0.39, 0.29) is 17.9 Å². The molecule has 0 aromatic heterocycles. The first-order chi connectivity index (χ1) is 10.6. The molecule has 4 heteroatoms. The number of rotatable bonds is 1. The Hall–Kier alpha value is -2.10. The van der Waals surface area contributed by atoms with Crippen LogP contribution in [0.2, 0.25) is 0 Å². The summed E-state index contributed by atoms with van der Waals surface area (Å²) in [6.07, 6.45) is 5.67. The first-order valence-electron chi connectivity index (χ1n) is 7.74. The number of amides is 1. The van der Waals surface area contributed by atoms with Gasteiger partial charge in [0, 0.05) is 19.9 Å². The Kier molecular flexibility index (Phi) is 5.75. The standard InChI is InChI=1S/C18H23NO3/c1-14-18(15-10-6-5-7-11-15)22-17(21)13-9-4-3-8-12-16(20)19(14)2/h3-7,10-11,14,18H,8-9,12-13H2,1-2H3/b4-3-/t14-,18+/m1/s1. The molecule has 0 radical (unpaired) electrons. The Morgan fingerprint density at radius 2 is 1.68 bits per heavy atom. The van der Waals surface area contributed by atoms with Gasteiger partial charge in [-0.3, -0.25) is 9.59 Å². The zero-order chi connectivity index (χ0) is 15.9. The number of benzene rings is 1. The number of hydrogen-bond donors (Lipinski definition) is 0. The predicted octanol–water partition coefficient (Wildman–Crippen LogP) is 3.25. The van der Waals surface area contributed by atoms with E-state index < -0.39 is 6.10 Å². The van der Waals surface area contributed by atoms with Gasteiger partial charge in [0.1, 0.15) is 6.10 Å². The zero-order valence-electron chi connectivity index (χ0n) is 13.2. The quantitative estimate of drug-likeness (QED) is 0.591. The number of cyclic esters (lactones) is 1. The van der Waals surface area contributed by atoms with Crippen molar-refractivity contribution in [3.8, 4) is 0 Å². The molecule has 0 unspecified atom stereocenters. The number of ether oxygens (including phenoxy) is 1. The monoisotopic (exact) mass is 301 g/mol. The maximum atomic E-state index is 12.3. The molecule has 0 N–H and O–H groups in total. The molecule has 2 atom stereocenters. The van der Waals surface area contributed by atoms with Gasteiger partial charge in [-0.25, -0.2) is 0 Å². The van der Waals surface area contributed by atoms with E-state index in [1.165, 1.54) is 0 Å². The van der Waals surface area contributed by atoms with Crippen molar-refractivity contribution in [2.75, 3.05) is 7.05 Å². The second-order valence-electron chi connectivity index (χ2n) is 5.62. The molecule has 118 valence electrons.